The predicted octanol–water partition coefficient (Wildman–Crippen LogP) is 3.60. The number of amides is 1. The molecule has 1 N–H and O–H groups in total. The quantitative estimate of drug-likeness (QED) is 0.777. The van der Waals surface area contributed by atoms with Crippen LogP contribution in [0.2, 0.25) is 0 Å². The molecule has 0 aromatic carbocycles. The molecule has 1 amide bonds. The molecule has 0 radical (unpaired) electrons. The fraction of sp³-hybridized carbons (Fsp3) is 0.611. The first-order chi connectivity index (χ1) is 11.9. The van der Waals surface area contributed by atoms with E-state index < -0.39 is 11.9 Å². The Balaban J connectivity index is 1.95. The van der Waals surface area contributed by atoms with Crippen LogP contribution in [0.15, 0.2) is 0 Å². The number of aryl methyl sites for hydroxylation is 1. The zero-order valence-corrected chi connectivity index (χ0v) is 15.8. The van der Waals surface area contributed by atoms with E-state index in [1.54, 1.807) is 6.92 Å². The molecule has 1 heterocycles. The van der Waals surface area contributed by atoms with Crippen LogP contribution in [0.4, 0.5) is 5.00 Å². The maximum absolute atomic E-state index is 12.1. The number of thiophene rings is 1. The number of nitrogens with one attached hydrogen (secondary N) is 1. The number of hydrogen-bond acceptors (Lipinski definition) is 6. The number of esters is 2. The van der Waals surface area contributed by atoms with E-state index in [0.717, 1.165) is 42.5 Å². The molecule has 1 aromatic heterocycles. The van der Waals surface area contributed by atoms with Crippen LogP contribution < -0.4 is 5.32 Å². The molecular formula is C18H25NO5S. The lowest BCUT2D eigenvalue weighted by molar-refractivity contribution is -0.152. The molecular weight excluding hydrogens is 342 g/mol. The third kappa shape index (κ3) is 5.04. The van der Waals surface area contributed by atoms with Crippen molar-refractivity contribution in [3.05, 3.63) is 16.0 Å². The van der Waals surface area contributed by atoms with Gasteiger partial charge in [0.05, 0.1) is 18.1 Å². The highest BCUT2D eigenvalue weighted by molar-refractivity contribution is 7.16. The second-order valence-electron chi connectivity index (χ2n) is 6.20. The number of carbonyl (C=O) groups is 3. The van der Waals surface area contributed by atoms with Crippen LogP contribution in [0, 0.1) is 19.8 Å². The molecule has 2 rings (SSSR count). The molecule has 1 aliphatic rings. The average Bonchev–Trinajstić information content (AvgIpc) is 2.87. The van der Waals surface area contributed by atoms with Crippen molar-refractivity contribution in [3.63, 3.8) is 0 Å². The molecule has 0 unspecified atom stereocenters. The second-order valence-corrected chi connectivity index (χ2v) is 7.42. The van der Waals surface area contributed by atoms with Crippen LogP contribution in [0.5, 0.6) is 0 Å². The first kappa shape index (κ1) is 19.4. The van der Waals surface area contributed by atoms with Gasteiger partial charge in [0.1, 0.15) is 5.00 Å². The largest absolute Gasteiger partial charge is 0.462 e. The molecule has 1 saturated carbocycles. The Kier molecular flexibility index (Phi) is 6.99. The molecule has 0 bridgehead atoms. The van der Waals surface area contributed by atoms with Crippen LogP contribution >= 0.6 is 11.3 Å². The van der Waals surface area contributed by atoms with Gasteiger partial charge in [-0.25, -0.2) is 4.79 Å². The zero-order chi connectivity index (χ0) is 18.4. The van der Waals surface area contributed by atoms with Crippen molar-refractivity contribution in [1.82, 2.24) is 0 Å². The van der Waals surface area contributed by atoms with E-state index in [4.69, 9.17) is 9.47 Å². The minimum atomic E-state index is -0.459. The summed E-state index contributed by atoms with van der Waals surface area (Å²) in [5.74, 6) is -1.31. The smallest absolute Gasteiger partial charge is 0.341 e. The topological polar surface area (TPSA) is 81.7 Å². The number of carbonyl (C=O) groups excluding carboxylic acids is 3. The monoisotopic (exact) mass is 367 g/mol. The maximum Gasteiger partial charge on any atom is 0.341 e. The van der Waals surface area contributed by atoms with Gasteiger partial charge in [0.15, 0.2) is 6.61 Å². The minimum Gasteiger partial charge on any atom is -0.462 e. The van der Waals surface area contributed by atoms with Crippen molar-refractivity contribution in [2.75, 3.05) is 18.5 Å². The van der Waals surface area contributed by atoms with Crippen LogP contribution in [0.25, 0.3) is 0 Å². The van der Waals surface area contributed by atoms with Crippen LogP contribution in [0.3, 0.4) is 0 Å². The van der Waals surface area contributed by atoms with Gasteiger partial charge in [-0.2, -0.15) is 0 Å². The van der Waals surface area contributed by atoms with E-state index in [9.17, 15) is 14.4 Å². The third-order valence-corrected chi connectivity index (χ3v) is 5.52. The van der Waals surface area contributed by atoms with Crippen molar-refractivity contribution in [2.45, 2.75) is 52.9 Å². The van der Waals surface area contributed by atoms with Crippen molar-refractivity contribution in [2.24, 2.45) is 5.92 Å². The lowest BCUT2D eigenvalue weighted by atomic mass is 9.89. The van der Waals surface area contributed by atoms with E-state index in [1.807, 2.05) is 13.8 Å². The van der Waals surface area contributed by atoms with Gasteiger partial charge in [-0.1, -0.05) is 19.3 Å². The molecule has 1 aromatic rings. The standard InChI is InChI=1S/C18H25NO5S/c1-4-23-18(22)15-11(2)12(3)25-16(15)19-14(20)10-24-17(21)13-8-6-5-7-9-13/h13H,4-10H2,1-3H3,(H,19,20). The van der Waals surface area contributed by atoms with Gasteiger partial charge in [-0.3, -0.25) is 9.59 Å². The van der Waals surface area contributed by atoms with Gasteiger partial charge in [0.2, 0.25) is 0 Å². The molecule has 7 heteroatoms. The highest BCUT2D eigenvalue weighted by Crippen LogP contribution is 2.33. The number of hydrogen-bond donors (Lipinski definition) is 1. The van der Waals surface area contributed by atoms with Crippen molar-refractivity contribution >= 4 is 34.2 Å². The van der Waals surface area contributed by atoms with Crippen LogP contribution in [-0.2, 0) is 19.1 Å². The Morgan fingerprint density at radius 3 is 2.44 bits per heavy atom. The first-order valence-electron chi connectivity index (χ1n) is 8.67. The van der Waals surface area contributed by atoms with Crippen molar-refractivity contribution in [1.29, 1.82) is 0 Å². The summed E-state index contributed by atoms with van der Waals surface area (Å²) in [7, 11) is 0. The van der Waals surface area contributed by atoms with Crippen molar-refractivity contribution in [3.8, 4) is 0 Å². The molecule has 25 heavy (non-hydrogen) atoms. The lowest BCUT2D eigenvalue weighted by Crippen LogP contribution is -2.26. The van der Waals surface area contributed by atoms with Crippen molar-refractivity contribution < 1.29 is 23.9 Å². The minimum absolute atomic E-state index is 0.0946. The molecule has 6 nitrogen and oxygen atoms in total. The number of ether oxygens (including phenoxy) is 2. The van der Waals surface area contributed by atoms with Gasteiger partial charge in [-0.15, -0.1) is 11.3 Å². The Hall–Kier alpha value is -1.89. The van der Waals surface area contributed by atoms with Gasteiger partial charge in [0.25, 0.3) is 5.91 Å². The zero-order valence-electron chi connectivity index (χ0n) is 15.0. The van der Waals surface area contributed by atoms with E-state index in [0.29, 0.717) is 10.6 Å². The van der Waals surface area contributed by atoms with E-state index in [-0.39, 0.29) is 25.1 Å². The number of rotatable bonds is 6. The van der Waals surface area contributed by atoms with Gasteiger partial charge in [0, 0.05) is 4.88 Å². The van der Waals surface area contributed by atoms with Crippen LogP contribution in [-0.4, -0.2) is 31.1 Å². The summed E-state index contributed by atoms with van der Waals surface area (Å²) >= 11 is 1.31. The SMILES string of the molecule is CCOC(=O)c1c(NC(=O)COC(=O)C2CCCCC2)sc(C)c1C. The van der Waals surface area contributed by atoms with E-state index in [2.05, 4.69) is 5.32 Å². The number of anilines is 1. The Morgan fingerprint density at radius 2 is 1.80 bits per heavy atom. The molecule has 0 spiro atoms. The molecule has 0 aliphatic heterocycles. The normalized spacial score (nSPS) is 14.8. The summed E-state index contributed by atoms with van der Waals surface area (Å²) in [6.45, 7) is 5.35. The summed E-state index contributed by atoms with van der Waals surface area (Å²) in [4.78, 5) is 37.1. The Bertz CT molecular complexity index is 646. The highest BCUT2D eigenvalue weighted by atomic mass is 32.1. The van der Waals surface area contributed by atoms with Gasteiger partial charge >= 0.3 is 11.9 Å². The molecule has 0 saturated heterocycles. The van der Waals surface area contributed by atoms with E-state index in [1.165, 1.54) is 11.3 Å². The lowest BCUT2D eigenvalue weighted by Gasteiger charge is -2.19. The molecule has 138 valence electrons. The first-order valence-corrected chi connectivity index (χ1v) is 9.49. The average molecular weight is 367 g/mol. The molecule has 1 aliphatic carbocycles. The van der Waals surface area contributed by atoms with E-state index >= 15 is 0 Å². The summed E-state index contributed by atoms with van der Waals surface area (Å²) in [6, 6.07) is 0. The van der Waals surface area contributed by atoms with Gasteiger partial charge < -0.3 is 14.8 Å². The third-order valence-electron chi connectivity index (χ3n) is 4.40. The van der Waals surface area contributed by atoms with Crippen LogP contribution in [0.1, 0.15) is 59.8 Å². The Morgan fingerprint density at radius 1 is 1.12 bits per heavy atom. The molecule has 0 atom stereocenters. The second kappa shape index (κ2) is 8.99. The summed E-state index contributed by atoms with van der Waals surface area (Å²) in [5.41, 5.74) is 1.16. The van der Waals surface area contributed by atoms with Gasteiger partial charge in [-0.05, 0) is 39.2 Å². The highest BCUT2D eigenvalue weighted by Gasteiger charge is 2.25. The predicted molar refractivity (Wildman–Crippen MR) is 95.9 cm³/mol. The fourth-order valence-electron chi connectivity index (χ4n) is 2.92. The molecule has 1 fully saturated rings. The summed E-state index contributed by atoms with van der Waals surface area (Å²) < 4.78 is 10.2. The summed E-state index contributed by atoms with van der Waals surface area (Å²) in [5, 5.41) is 3.11. The Labute approximate surface area is 151 Å². The maximum atomic E-state index is 12.1. The summed E-state index contributed by atoms with van der Waals surface area (Å²) in [6.07, 6.45) is 4.87. The fourth-order valence-corrected chi connectivity index (χ4v) is 3.98.